The van der Waals surface area contributed by atoms with Gasteiger partial charge in [0.2, 0.25) is 0 Å². The molecule has 2 aromatic carbocycles. The van der Waals surface area contributed by atoms with Crippen LogP contribution < -0.4 is 10.1 Å². The van der Waals surface area contributed by atoms with Gasteiger partial charge in [-0.1, -0.05) is 42.5 Å². The van der Waals surface area contributed by atoms with Crippen LogP contribution in [0.25, 0.3) is 0 Å². The van der Waals surface area contributed by atoms with E-state index in [1.807, 2.05) is 13.0 Å². The van der Waals surface area contributed by atoms with Crippen LogP contribution in [0.1, 0.15) is 42.5 Å². The summed E-state index contributed by atoms with van der Waals surface area (Å²) < 4.78 is 5.71. The number of hydrogen-bond donors (Lipinski definition) is 1. The number of benzene rings is 2. The van der Waals surface area contributed by atoms with Gasteiger partial charge < -0.3 is 10.1 Å². The van der Waals surface area contributed by atoms with Crippen molar-refractivity contribution in [1.29, 1.82) is 0 Å². The number of hydrogen-bond acceptors (Lipinski definition) is 2. The second-order valence-corrected chi connectivity index (χ2v) is 5.57. The van der Waals surface area contributed by atoms with E-state index in [2.05, 4.69) is 47.8 Å². The molecule has 0 saturated carbocycles. The molecule has 2 aromatic rings. The van der Waals surface area contributed by atoms with Crippen LogP contribution in [0.3, 0.4) is 0 Å². The Morgan fingerprint density at radius 3 is 2.81 bits per heavy atom. The first-order valence-corrected chi connectivity index (χ1v) is 7.90. The molecule has 0 aliphatic heterocycles. The lowest BCUT2D eigenvalue weighted by Crippen LogP contribution is -2.25. The fraction of sp³-hybridized carbons (Fsp3) is 0.368. The quantitative estimate of drug-likeness (QED) is 0.884. The Labute approximate surface area is 127 Å². The normalized spacial score (nSPS) is 17.3. The molecule has 1 N–H and O–H groups in total. The molecule has 1 atom stereocenters. The Hall–Kier alpha value is -1.80. The van der Waals surface area contributed by atoms with Gasteiger partial charge in [-0.2, -0.15) is 0 Å². The lowest BCUT2D eigenvalue weighted by molar-refractivity contribution is 0.334. The monoisotopic (exact) mass is 281 g/mol. The number of para-hydroxylation sites is 1. The first kappa shape index (κ1) is 14.2. The molecule has 110 valence electrons. The van der Waals surface area contributed by atoms with Crippen molar-refractivity contribution in [3.05, 3.63) is 65.2 Å². The van der Waals surface area contributed by atoms with Crippen LogP contribution in [0.4, 0.5) is 0 Å². The van der Waals surface area contributed by atoms with Crippen LogP contribution in [0.5, 0.6) is 5.75 Å². The number of fused-ring (bicyclic) bond motifs is 1. The Morgan fingerprint density at radius 2 is 1.90 bits per heavy atom. The highest BCUT2D eigenvalue weighted by molar-refractivity contribution is 5.35. The summed E-state index contributed by atoms with van der Waals surface area (Å²) in [6, 6.07) is 17.6. The molecule has 0 unspecified atom stereocenters. The van der Waals surface area contributed by atoms with E-state index >= 15 is 0 Å². The van der Waals surface area contributed by atoms with Crippen LogP contribution in [-0.2, 0) is 13.0 Å². The molecule has 0 radical (unpaired) electrons. The predicted molar refractivity (Wildman–Crippen MR) is 86.6 cm³/mol. The summed E-state index contributed by atoms with van der Waals surface area (Å²) in [6.45, 7) is 3.60. The minimum Gasteiger partial charge on any atom is -0.494 e. The average molecular weight is 281 g/mol. The van der Waals surface area contributed by atoms with E-state index in [1.54, 1.807) is 0 Å². The van der Waals surface area contributed by atoms with Crippen LogP contribution in [-0.4, -0.2) is 6.61 Å². The maximum absolute atomic E-state index is 5.71. The van der Waals surface area contributed by atoms with Gasteiger partial charge in [-0.25, -0.2) is 0 Å². The number of nitrogens with one attached hydrogen (secondary N) is 1. The smallest absolute Gasteiger partial charge is 0.123 e. The van der Waals surface area contributed by atoms with Crippen molar-refractivity contribution >= 4 is 0 Å². The van der Waals surface area contributed by atoms with Crippen LogP contribution >= 0.6 is 0 Å². The molecule has 0 bridgehead atoms. The molecule has 21 heavy (non-hydrogen) atoms. The Bertz CT molecular complexity index is 594. The summed E-state index contributed by atoms with van der Waals surface area (Å²) in [5.41, 5.74) is 4.21. The lowest BCUT2D eigenvalue weighted by atomic mass is 9.87. The maximum atomic E-state index is 5.71. The Balaban J connectivity index is 1.72. The van der Waals surface area contributed by atoms with Crippen molar-refractivity contribution in [3.63, 3.8) is 0 Å². The first-order valence-electron chi connectivity index (χ1n) is 7.90. The molecule has 0 heterocycles. The highest BCUT2D eigenvalue weighted by Crippen LogP contribution is 2.30. The van der Waals surface area contributed by atoms with Gasteiger partial charge in [-0.15, -0.1) is 0 Å². The predicted octanol–water partition coefficient (Wildman–Crippen LogP) is 4.25. The van der Waals surface area contributed by atoms with E-state index < -0.39 is 0 Å². The topological polar surface area (TPSA) is 21.3 Å². The zero-order chi connectivity index (χ0) is 14.5. The number of rotatable bonds is 5. The third-order valence-corrected chi connectivity index (χ3v) is 4.18. The van der Waals surface area contributed by atoms with Gasteiger partial charge in [-0.3, -0.25) is 0 Å². The summed E-state index contributed by atoms with van der Waals surface area (Å²) in [5, 5.41) is 3.71. The van der Waals surface area contributed by atoms with Crippen LogP contribution in [0.2, 0.25) is 0 Å². The fourth-order valence-corrected chi connectivity index (χ4v) is 3.15. The van der Waals surface area contributed by atoms with Crippen LogP contribution in [0.15, 0.2) is 48.5 Å². The molecular weight excluding hydrogens is 258 g/mol. The van der Waals surface area contributed by atoms with Crippen molar-refractivity contribution < 1.29 is 4.74 Å². The summed E-state index contributed by atoms with van der Waals surface area (Å²) in [6.07, 6.45) is 3.69. The van der Waals surface area contributed by atoms with Crippen molar-refractivity contribution in [1.82, 2.24) is 5.32 Å². The molecule has 1 aliphatic carbocycles. The Kier molecular flexibility index (Phi) is 4.56. The van der Waals surface area contributed by atoms with Gasteiger partial charge in [-0.05, 0) is 43.4 Å². The molecule has 0 spiro atoms. The summed E-state index contributed by atoms with van der Waals surface area (Å²) in [4.78, 5) is 0. The minimum atomic E-state index is 0.463. The van der Waals surface area contributed by atoms with Crippen molar-refractivity contribution in [2.24, 2.45) is 0 Å². The number of ether oxygens (including phenoxy) is 1. The highest BCUT2D eigenvalue weighted by Gasteiger charge is 2.19. The van der Waals surface area contributed by atoms with E-state index in [1.165, 1.54) is 36.0 Å². The fourth-order valence-electron chi connectivity index (χ4n) is 3.15. The molecule has 0 saturated heterocycles. The van der Waals surface area contributed by atoms with E-state index in [9.17, 15) is 0 Å². The summed E-state index contributed by atoms with van der Waals surface area (Å²) in [7, 11) is 0. The molecular formula is C19H23NO. The van der Waals surface area contributed by atoms with E-state index in [0.717, 1.165) is 12.3 Å². The molecule has 0 amide bonds. The first-order chi connectivity index (χ1) is 10.4. The molecule has 2 heteroatoms. The second-order valence-electron chi connectivity index (χ2n) is 5.57. The van der Waals surface area contributed by atoms with Crippen molar-refractivity contribution in [3.8, 4) is 5.75 Å². The SMILES string of the molecule is CCOc1ccccc1CN[C@@H]1CCCc2ccccc21. The third-order valence-electron chi connectivity index (χ3n) is 4.18. The largest absolute Gasteiger partial charge is 0.494 e. The van der Waals surface area contributed by atoms with E-state index in [-0.39, 0.29) is 0 Å². The molecule has 2 nitrogen and oxygen atoms in total. The number of aryl methyl sites for hydroxylation is 1. The summed E-state index contributed by atoms with van der Waals surface area (Å²) >= 11 is 0. The average Bonchev–Trinajstić information content (AvgIpc) is 2.54. The molecule has 1 aliphatic rings. The summed E-state index contributed by atoms with van der Waals surface area (Å²) in [5.74, 6) is 0.997. The van der Waals surface area contributed by atoms with Gasteiger partial charge in [0.05, 0.1) is 6.61 Å². The lowest BCUT2D eigenvalue weighted by Gasteiger charge is -2.26. The van der Waals surface area contributed by atoms with Gasteiger partial charge in [0.1, 0.15) is 5.75 Å². The van der Waals surface area contributed by atoms with Gasteiger partial charge >= 0.3 is 0 Å². The minimum absolute atomic E-state index is 0.463. The molecule has 0 aromatic heterocycles. The van der Waals surface area contributed by atoms with Gasteiger partial charge in [0, 0.05) is 18.2 Å². The molecule has 0 fully saturated rings. The third kappa shape index (κ3) is 3.27. The maximum Gasteiger partial charge on any atom is 0.123 e. The van der Waals surface area contributed by atoms with Crippen molar-refractivity contribution in [2.45, 2.75) is 38.8 Å². The Morgan fingerprint density at radius 1 is 1.10 bits per heavy atom. The molecule has 3 rings (SSSR count). The standard InChI is InChI=1S/C19H23NO/c1-2-21-19-13-6-4-9-16(19)14-20-18-12-7-10-15-8-3-5-11-17(15)18/h3-6,8-9,11,13,18,20H,2,7,10,12,14H2,1H3/t18-/m1/s1. The van der Waals surface area contributed by atoms with E-state index in [0.29, 0.717) is 12.6 Å². The van der Waals surface area contributed by atoms with E-state index in [4.69, 9.17) is 4.74 Å². The zero-order valence-electron chi connectivity index (χ0n) is 12.6. The van der Waals surface area contributed by atoms with Crippen molar-refractivity contribution in [2.75, 3.05) is 6.61 Å². The zero-order valence-corrected chi connectivity index (χ0v) is 12.6. The van der Waals surface area contributed by atoms with Gasteiger partial charge in [0.25, 0.3) is 0 Å². The highest BCUT2D eigenvalue weighted by atomic mass is 16.5. The second kappa shape index (κ2) is 6.77. The van der Waals surface area contributed by atoms with Gasteiger partial charge in [0.15, 0.2) is 0 Å². The van der Waals surface area contributed by atoms with Crippen LogP contribution in [0, 0.1) is 0 Å².